The number of ether oxygens (including phenoxy) is 16. The summed E-state index contributed by atoms with van der Waals surface area (Å²) in [5, 5.41) is 0. The van der Waals surface area contributed by atoms with Crippen molar-refractivity contribution in [2.75, 3.05) is 224 Å². The van der Waals surface area contributed by atoms with Crippen LogP contribution in [0.2, 0.25) is 0 Å². The average molecular weight is 933 g/mol. The lowest BCUT2D eigenvalue weighted by atomic mass is 10.2. The van der Waals surface area contributed by atoms with Crippen molar-refractivity contribution in [3.8, 4) is 0 Å². The van der Waals surface area contributed by atoms with Crippen LogP contribution in [0.5, 0.6) is 0 Å². The second kappa shape index (κ2) is 50.1. The minimum atomic E-state index is -3.06. The van der Waals surface area contributed by atoms with Crippen molar-refractivity contribution >= 4 is 7.60 Å². The van der Waals surface area contributed by atoms with Crippen LogP contribution >= 0.6 is 7.60 Å². The zero-order chi connectivity index (χ0) is 45.1. The van der Waals surface area contributed by atoms with E-state index in [1.165, 1.54) is 0 Å². The van der Waals surface area contributed by atoms with E-state index in [1.54, 1.807) is 13.8 Å². The van der Waals surface area contributed by atoms with Crippen molar-refractivity contribution < 1.29 is 89.4 Å². The van der Waals surface area contributed by atoms with E-state index in [0.29, 0.717) is 218 Å². The van der Waals surface area contributed by atoms with Gasteiger partial charge in [-0.25, -0.2) is 0 Å². The first-order chi connectivity index (χ1) is 31.2. The molecule has 0 saturated heterocycles. The Morgan fingerprint density at radius 3 is 0.730 bits per heavy atom. The maximum atomic E-state index is 12.3. The van der Waals surface area contributed by atoms with Gasteiger partial charge < -0.3 is 84.8 Å². The lowest BCUT2D eigenvalue weighted by Gasteiger charge is -2.16. The van der Waals surface area contributed by atoms with Crippen LogP contribution in [0, 0.1) is 0 Å². The standard InChI is InChI=1S/C43H81O19P/c1-3-61-63(44,62-4-2)41-40-59-37-36-57-33-32-55-29-28-53-25-24-51-21-20-49-17-16-47-13-12-45-10-11-46-14-15-48-18-19-50-22-23-52-26-27-54-30-31-56-34-35-58-38-39-60-42-43-8-6-5-7-9-43/h5-9H,3-4,10-42H2,1-2H3. The third kappa shape index (κ3) is 45.7. The predicted octanol–water partition coefficient (Wildman–Crippen LogP) is 3.72. The number of hydrogen-bond acceptors (Lipinski definition) is 19. The molecule has 0 radical (unpaired) electrons. The minimum absolute atomic E-state index is 0.225. The van der Waals surface area contributed by atoms with Crippen molar-refractivity contribution in [3.05, 3.63) is 35.9 Å². The quantitative estimate of drug-likeness (QED) is 0.0680. The Morgan fingerprint density at radius 2 is 0.508 bits per heavy atom. The molecular formula is C43H81O19P. The molecule has 63 heavy (non-hydrogen) atoms. The van der Waals surface area contributed by atoms with Crippen molar-refractivity contribution in [2.45, 2.75) is 20.5 Å². The fraction of sp³-hybridized carbons (Fsp3) is 0.860. The average Bonchev–Trinajstić information content (AvgIpc) is 3.29. The molecule has 0 fully saturated rings. The lowest BCUT2D eigenvalue weighted by molar-refractivity contribution is -0.0304. The van der Waals surface area contributed by atoms with Crippen LogP contribution in [0.15, 0.2) is 30.3 Å². The van der Waals surface area contributed by atoms with Gasteiger partial charge in [0.2, 0.25) is 0 Å². The van der Waals surface area contributed by atoms with Gasteiger partial charge in [-0.05, 0) is 19.4 Å². The second-order valence-corrected chi connectivity index (χ2v) is 15.1. The molecule has 20 heteroatoms. The first-order valence-electron chi connectivity index (χ1n) is 22.4. The second-order valence-electron chi connectivity index (χ2n) is 12.9. The first kappa shape index (κ1) is 59.7. The van der Waals surface area contributed by atoms with Crippen LogP contribution in [0.3, 0.4) is 0 Å². The molecular weight excluding hydrogens is 851 g/mol. The van der Waals surface area contributed by atoms with Crippen LogP contribution in [0.1, 0.15) is 19.4 Å². The maximum absolute atomic E-state index is 12.3. The Hall–Kier alpha value is -1.27. The first-order valence-corrected chi connectivity index (χ1v) is 24.1. The monoisotopic (exact) mass is 933 g/mol. The Bertz CT molecular complexity index is 1060. The van der Waals surface area contributed by atoms with Gasteiger partial charge in [0.05, 0.1) is 231 Å². The van der Waals surface area contributed by atoms with Crippen molar-refractivity contribution in [3.63, 3.8) is 0 Å². The summed E-state index contributed by atoms with van der Waals surface area (Å²) >= 11 is 0. The molecule has 19 nitrogen and oxygen atoms in total. The molecule has 0 N–H and O–H groups in total. The van der Waals surface area contributed by atoms with Crippen molar-refractivity contribution in [1.29, 1.82) is 0 Å². The van der Waals surface area contributed by atoms with Gasteiger partial charge in [-0.1, -0.05) is 30.3 Å². The Morgan fingerprint density at radius 1 is 0.302 bits per heavy atom. The third-order valence-corrected chi connectivity index (χ3v) is 9.89. The molecule has 0 spiro atoms. The Balaban J connectivity index is 1.62. The van der Waals surface area contributed by atoms with E-state index in [1.807, 2.05) is 30.3 Å². The highest BCUT2D eigenvalue weighted by atomic mass is 31.2. The highest BCUT2D eigenvalue weighted by Gasteiger charge is 2.22. The van der Waals surface area contributed by atoms with Gasteiger partial charge in [0.25, 0.3) is 0 Å². The fourth-order valence-electron chi connectivity index (χ4n) is 4.80. The minimum Gasteiger partial charge on any atom is -0.378 e. The van der Waals surface area contributed by atoms with Crippen LogP contribution < -0.4 is 0 Å². The zero-order valence-electron chi connectivity index (χ0n) is 38.3. The molecule has 0 aliphatic carbocycles. The fourth-order valence-corrected chi connectivity index (χ4v) is 6.27. The van der Waals surface area contributed by atoms with Crippen molar-refractivity contribution in [1.82, 2.24) is 0 Å². The summed E-state index contributed by atoms with van der Waals surface area (Å²) in [5.41, 5.74) is 1.15. The largest absolute Gasteiger partial charge is 0.378 e. The van der Waals surface area contributed by atoms with Gasteiger partial charge >= 0.3 is 7.60 Å². The maximum Gasteiger partial charge on any atom is 0.332 e. The van der Waals surface area contributed by atoms with E-state index in [9.17, 15) is 4.57 Å². The number of benzene rings is 1. The zero-order valence-corrected chi connectivity index (χ0v) is 39.2. The molecule has 0 unspecified atom stereocenters. The Kier molecular flexibility index (Phi) is 47.6. The van der Waals surface area contributed by atoms with E-state index in [2.05, 4.69) is 0 Å². The van der Waals surface area contributed by atoms with E-state index in [0.717, 1.165) is 5.56 Å². The molecule has 0 heterocycles. The van der Waals surface area contributed by atoms with Crippen LogP contribution in [0.25, 0.3) is 0 Å². The predicted molar refractivity (Wildman–Crippen MR) is 234 cm³/mol. The van der Waals surface area contributed by atoms with Gasteiger partial charge in [0.15, 0.2) is 0 Å². The van der Waals surface area contributed by atoms with Gasteiger partial charge in [0, 0.05) is 0 Å². The SMILES string of the molecule is CCOP(=O)(CCOCCOCCOCCOCCOCCOCCOCCOCCOCCOCCOCCOCCOCCOCCOCCOCc1ccccc1)OCC. The normalized spacial score (nSPS) is 11.9. The molecule has 1 rings (SSSR count). The summed E-state index contributed by atoms with van der Waals surface area (Å²) in [6, 6.07) is 10.1. The highest BCUT2D eigenvalue weighted by Crippen LogP contribution is 2.47. The van der Waals surface area contributed by atoms with Gasteiger partial charge in [-0.2, -0.15) is 0 Å². The van der Waals surface area contributed by atoms with Crippen molar-refractivity contribution in [2.24, 2.45) is 0 Å². The Labute approximate surface area is 376 Å². The number of hydrogen-bond donors (Lipinski definition) is 0. The summed E-state index contributed by atoms with van der Waals surface area (Å²) in [6.45, 7) is 19.8. The molecule has 1 aromatic rings. The summed E-state index contributed by atoms with van der Waals surface area (Å²) < 4.78 is 111. The molecule has 0 aliphatic heterocycles. The number of rotatable bonds is 54. The molecule has 0 saturated carbocycles. The van der Waals surface area contributed by atoms with E-state index < -0.39 is 7.60 Å². The van der Waals surface area contributed by atoms with E-state index >= 15 is 0 Å². The molecule has 0 atom stereocenters. The molecule has 1 aromatic carbocycles. The van der Waals surface area contributed by atoms with Gasteiger partial charge in [0.1, 0.15) is 0 Å². The summed E-state index contributed by atoms with van der Waals surface area (Å²) in [7, 11) is -3.06. The van der Waals surface area contributed by atoms with Gasteiger partial charge in [-0.3, -0.25) is 4.57 Å². The molecule has 0 amide bonds. The van der Waals surface area contributed by atoms with Crippen LogP contribution in [-0.2, 0) is 96.0 Å². The summed E-state index contributed by atoms with van der Waals surface area (Å²) in [5.74, 6) is 0. The third-order valence-electron chi connectivity index (χ3n) is 7.85. The summed E-state index contributed by atoms with van der Waals surface area (Å²) in [6.07, 6.45) is 0.225. The van der Waals surface area contributed by atoms with E-state index in [-0.39, 0.29) is 12.8 Å². The molecule has 0 aliphatic rings. The highest BCUT2D eigenvalue weighted by molar-refractivity contribution is 7.53. The molecule has 0 aromatic heterocycles. The molecule has 0 bridgehead atoms. The molecule has 372 valence electrons. The topological polar surface area (TPSA) is 183 Å². The lowest BCUT2D eigenvalue weighted by Crippen LogP contribution is -2.16. The van der Waals surface area contributed by atoms with Crippen LogP contribution in [0.4, 0.5) is 0 Å². The summed E-state index contributed by atoms with van der Waals surface area (Å²) in [4.78, 5) is 0. The van der Waals surface area contributed by atoms with E-state index in [4.69, 9.17) is 84.8 Å². The van der Waals surface area contributed by atoms with Crippen LogP contribution in [-0.4, -0.2) is 224 Å². The smallest absolute Gasteiger partial charge is 0.332 e. The van der Waals surface area contributed by atoms with Gasteiger partial charge in [-0.15, -0.1) is 0 Å².